The number of hydrogen-bond acceptors (Lipinski definition) is 4. The maximum absolute atomic E-state index is 9.35. The summed E-state index contributed by atoms with van der Waals surface area (Å²) >= 11 is 0. The van der Waals surface area contributed by atoms with E-state index in [0.717, 1.165) is 11.1 Å². The van der Waals surface area contributed by atoms with Crippen molar-refractivity contribution in [2.45, 2.75) is 6.61 Å². The van der Waals surface area contributed by atoms with Crippen LogP contribution >= 0.6 is 0 Å². The summed E-state index contributed by atoms with van der Waals surface area (Å²) in [5.41, 5.74) is 6.96. The van der Waals surface area contributed by atoms with E-state index in [1.165, 1.54) is 0 Å². The molecule has 0 aliphatic rings. The third kappa shape index (κ3) is 4.02. The van der Waals surface area contributed by atoms with Crippen LogP contribution in [0.3, 0.4) is 0 Å². The lowest BCUT2D eigenvalue weighted by atomic mass is 10.2. The zero-order chi connectivity index (χ0) is 13.5. The Labute approximate surface area is 111 Å². The van der Waals surface area contributed by atoms with E-state index in [0.29, 0.717) is 18.9 Å². The van der Waals surface area contributed by atoms with Gasteiger partial charge in [-0.2, -0.15) is 0 Å². The molecule has 0 fully saturated rings. The van der Waals surface area contributed by atoms with Gasteiger partial charge in [-0.3, -0.25) is 4.98 Å². The van der Waals surface area contributed by atoms with Crippen LogP contribution in [0.5, 0.6) is 11.5 Å². The van der Waals surface area contributed by atoms with E-state index in [2.05, 4.69) is 16.8 Å². The van der Waals surface area contributed by atoms with Crippen LogP contribution < -0.4 is 10.5 Å². The zero-order valence-corrected chi connectivity index (χ0v) is 10.3. The minimum atomic E-state index is 0.224. The quantitative estimate of drug-likeness (QED) is 0.818. The van der Waals surface area contributed by atoms with Crippen molar-refractivity contribution in [3.05, 3.63) is 53.9 Å². The number of pyridine rings is 1. The normalized spacial score (nSPS) is 9.53. The molecule has 0 saturated carbocycles. The van der Waals surface area contributed by atoms with Crippen molar-refractivity contribution in [3.8, 4) is 23.3 Å². The second-order valence-corrected chi connectivity index (χ2v) is 3.87. The first-order valence-electron chi connectivity index (χ1n) is 5.82. The van der Waals surface area contributed by atoms with Gasteiger partial charge in [-0.1, -0.05) is 24.0 Å². The molecule has 0 atom stereocenters. The largest absolute Gasteiger partial charge is 0.508 e. The molecule has 2 aromatic rings. The maximum atomic E-state index is 9.35. The summed E-state index contributed by atoms with van der Waals surface area (Å²) in [6.07, 6.45) is 3.28. The van der Waals surface area contributed by atoms with E-state index in [1.807, 2.05) is 6.07 Å². The number of rotatable bonds is 3. The lowest BCUT2D eigenvalue weighted by Crippen LogP contribution is -1.96. The van der Waals surface area contributed by atoms with Crippen molar-refractivity contribution < 1.29 is 9.84 Å². The molecule has 4 nitrogen and oxygen atoms in total. The van der Waals surface area contributed by atoms with Gasteiger partial charge in [0, 0.05) is 11.8 Å². The number of phenols is 1. The van der Waals surface area contributed by atoms with E-state index in [-0.39, 0.29) is 5.75 Å². The Kier molecular flexibility index (Phi) is 4.38. The van der Waals surface area contributed by atoms with Crippen LogP contribution in [0.1, 0.15) is 11.1 Å². The Morgan fingerprint density at radius 1 is 1.26 bits per heavy atom. The third-order valence-corrected chi connectivity index (χ3v) is 2.36. The summed E-state index contributed by atoms with van der Waals surface area (Å²) in [6.45, 7) is 0.679. The highest BCUT2D eigenvalue weighted by atomic mass is 16.5. The Hall–Kier alpha value is -2.51. The van der Waals surface area contributed by atoms with E-state index in [9.17, 15) is 5.11 Å². The molecule has 0 spiro atoms. The number of ether oxygens (including phenoxy) is 1. The first kappa shape index (κ1) is 12.9. The predicted octanol–water partition coefficient (Wildman–Crippen LogP) is 1.68. The number of hydrogen-bond donors (Lipinski definition) is 2. The summed E-state index contributed by atoms with van der Waals surface area (Å²) in [5.74, 6) is 6.51. The minimum absolute atomic E-state index is 0.224. The van der Waals surface area contributed by atoms with Crippen LogP contribution in [0, 0.1) is 11.8 Å². The van der Waals surface area contributed by atoms with Crippen LogP contribution in [0.25, 0.3) is 0 Å². The highest BCUT2D eigenvalue weighted by Crippen LogP contribution is 2.15. The Bertz CT molecular complexity index is 615. The van der Waals surface area contributed by atoms with Gasteiger partial charge in [-0.15, -0.1) is 0 Å². The molecule has 1 aromatic carbocycles. The summed E-state index contributed by atoms with van der Waals surface area (Å²) in [6, 6.07) is 8.73. The van der Waals surface area contributed by atoms with Crippen molar-refractivity contribution in [2.24, 2.45) is 5.73 Å². The summed E-state index contributed by atoms with van der Waals surface area (Å²) in [4.78, 5) is 4.05. The SMILES string of the molecule is NCC#Cc1cncc(OCc2cccc(O)c2)c1. The number of nitrogens with zero attached hydrogens (tertiary/aromatic N) is 1. The maximum Gasteiger partial charge on any atom is 0.139 e. The fourth-order valence-electron chi connectivity index (χ4n) is 1.53. The molecule has 0 radical (unpaired) electrons. The van der Waals surface area contributed by atoms with Gasteiger partial charge in [0.05, 0.1) is 12.7 Å². The summed E-state index contributed by atoms with van der Waals surface area (Å²) < 4.78 is 5.60. The molecule has 0 unspecified atom stereocenters. The predicted molar refractivity (Wildman–Crippen MR) is 72.6 cm³/mol. The molecule has 0 aliphatic carbocycles. The van der Waals surface area contributed by atoms with Gasteiger partial charge >= 0.3 is 0 Å². The molecule has 1 heterocycles. The van der Waals surface area contributed by atoms with Gasteiger partial charge in [0.25, 0.3) is 0 Å². The molecule has 0 amide bonds. The van der Waals surface area contributed by atoms with Crippen molar-refractivity contribution in [2.75, 3.05) is 6.54 Å². The van der Waals surface area contributed by atoms with Gasteiger partial charge in [0.15, 0.2) is 0 Å². The van der Waals surface area contributed by atoms with E-state index < -0.39 is 0 Å². The van der Waals surface area contributed by atoms with Crippen molar-refractivity contribution >= 4 is 0 Å². The summed E-state index contributed by atoms with van der Waals surface area (Å²) in [7, 11) is 0. The Balaban J connectivity index is 2.03. The lowest BCUT2D eigenvalue weighted by molar-refractivity contribution is 0.304. The first-order chi connectivity index (χ1) is 9.28. The number of aromatic nitrogens is 1. The van der Waals surface area contributed by atoms with Crippen molar-refractivity contribution in [3.63, 3.8) is 0 Å². The molecule has 4 heteroatoms. The number of aromatic hydroxyl groups is 1. The molecule has 19 heavy (non-hydrogen) atoms. The van der Waals surface area contributed by atoms with Crippen LogP contribution in [0.2, 0.25) is 0 Å². The van der Waals surface area contributed by atoms with E-state index in [4.69, 9.17) is 10.5 Å². The fourth-order valence-corrected chi connectivity index (χ4v) is 1.53. The lowest BCUT2D eigenvalue weighted by Gasteiger charge is -2.06. The monoisotopic (exact) mass is 254 g/mol. The van der Waals surface area contributed by atoms with Crippen LogP contribution in [0.15, 0.2) is 42.7 Å². The van der Waals surface area contributed by atoms with E-state index in [1.54, 1.807) is 36.7 Å². The second kappa shape index (κ2) is 6.43. The molecule has 0 aliphatic heterocycles. The molecule has 1 aromatic heterocycles. The van der Waals surface area contributed by atoms with Crippen LogP contribution in [0.4, 0.5) is 0 Å². The highest BCUT2D eigenvalue weighted by Gasteiger charge is 1.98. The smallest absolute Gasteiger partial charge is 0.139 e. The zero-order valence-electron chi connectivity index (χ0n) is 10.3. The number of benzene rings is 1. The van der Waals surface area contributed by atoms with Gasteiger partial charge in [-0.25, -0.2) is 0 Å². The average molecular weight is 254 g/mol. The molecular weight excluding hydrogens is 240 g/mol. The molecule has 2 rings (SSSR count). The Morgan fingerprint density at radius 2 is 2.16 bits per heavy atom. The standard InChI is InChI=1S/C15H14N2O2/c16-6-2-4-12-8-15(10-17-9-12)19-11-13-3-1-5-14(18)7-13/h1,3,5,7-10,18H,6,11,16H2. The Morgan fingerprint density at radius 3 is 2.95 bits per heavy atom. The second-order valence-electron chi connectivity index (χ2n) is 3.87. The average Bonchev–Trinajstić information content (AvgIpc) is 2.43. The molecule has 0 saturated heterocycles. The first-order valence-corrected chi connectivity index (χ1v) is 5.82. The fraction of sp³-hybridized carbons (Fsp3) is 0.133. The molecule has 96 valence electrons. The molecular formula is C15H14N2O2. The highest BCUT2D eigenvalue weighted by molar-refractivity contribution is 5.37. The van der Waals surface area contributed by atoms with Gasteiger partial charge in [-0.05, 0) is 23.8 Å². The van der Waals surface area contributed by atoms with Gasteiger partial charge in [0.2, 0.25) is 0 Å². The molecule has 3 N–H and O–H groups in total. The van der Waals surface area contributed by atoms with Crippen molar-refractivity contribution in [1.29, 1.82) is 0 Å². The third-order valence-electron chi connectivity index (χ3n) is 2.36. The topological polar surface area (TPSA) is 68.4 Å². The van der Waals surface area contributed by atoms with Crippen molar-refractivity contribution in [1.82, 2.24) is 4.98 Å². The number of nitrogens with two attached hydrogens (primary N) is 1. The van der Waals surface area contributed by atoms with E-state index >= 15 is 0 Å². The van der Waals surface area contributed by atoms with Crippen LogP contribution in [-0.2, 0) is 6.61 Å². The summed E-state index contributed by atoms with van der Waals surface area (Å²) in [5, 5.41) is 9.35. The minimum Gasteiger partial charge on any atom is -0.508 e. The van der Waals surface area contributed by atoms with Gasteiger partial charge in [0.1, 0.15) is 18.1 Å². The van der Waals surface area contributed by atoms with Gasteiger partial charge < -0.3 is 15.6 Å². The molecule has 0 bridgehead atoms. The number of phenolic OH excluding ortho intramolecular Hbond substituents is 1. The van der Waals surface area contributed by atoms with Crippen LogP contribution in [-0.4, -0.2) is 16.6 Å².